The van der Waals surface area contributed by atoms with Gasteiger partial charge in [0, 0.05) is 32.0 Å². The van der Waals surface area contributed by atoms with Crippen molar-refractivity contribution in [3.63, 3.8) is 0 Å². The number of Topliss-reactive ketones (excluding diaryl/α,β-unsaturated/α-hetero) is 1. The van der Waals surface area contributed by atoms with E-state index in [-0.39, 0.29) is 43.5 Å². The number of rotatable bonds is 7. The van der Waals surface area contributed by atoms with E-state index in [1.165, 1.54) is 13.2 Å². The van der Waals surface area contributed by atoms with Gasteiger partial charge in [0.1, 0.15) is 28.8 Å². The highest BCUT2D eigenvalue weighted by atomic mass is 19.1. The molecular formula is C29H34F3N3O3. The summed E-state index contributed by atoms with van der Waals surface area (Å²) in [5.74, 6) is -3.45. The van der Waals surface area contributed by atoms with Gasteiger partial charge in [-0.15, -0.1) is 0 Å². The van der Waals surface area contributed by atoms with Gasteiger partial charge in [-0.3, -0.25) is 9.78 Å². The summed E-state index contributed by atoms with van der Waals surface area (Å²) in [6.07, 6.45) is 4.37. The van der Waals surface area contributed by atoms with Crippen LogP contribution in [0.1, 0.15) is 67.2 Å². The van der Waals surface area contributed by atoms with Gasteiger partial charge in [0.2, 0.25) is 0 Å². The predicted molar refractivity (Wildman–Crippen MR) is 139 cm³/mol. The minimum absolute atomic E-state index is 0. The zero-order valence-electron chi connectivity index (χ0n) is 21.0. The van der Waals surface area contributed by atoms with Crippen LogP contribution in [0.4, 0.5) is 13.2 Å². The fourth-order valence-electron chi connectivity index (χ4n) is 5.05. The monoisotopic (exact) mass is 529 g/mol. The summed E-state index contributed by atoms with van der Waals surface area (Å²) in [6, 6.07) is 5.68. The fourth-order valence-corrected chi connectivity index (χ4v) is 5.05. The molecule has 3 aromatic rings. The van der Waals surface area contributed by atoms with E-state index >= 15 is 0 Å². The van der Waals surface area contributed by atoms with Crippen molar-refractivity contribution in [2.24, 2.45) is 11.7 Å². The van der Waals surface area contributed by atoms with Gasteiger partial charge in [-0.1, -0.05) is 14.4 Å². The van der Waals surface area contributed by atoms with Crippen molar-refractivity contribution in [3.05, 3.63) is 82.6 Å². The summed E-state index contributed by atoms with van der Waals surface area (Å²) >= 11 is 0. The number of nitrogens with zero attached hydrogens (tertiary/aromatic N) is 2. The molecule has 4 rings (SSSR count). The molecule has 0 aliphatic heterocycles. The van der Waals surface area contributed by atoms with Gasteiger partial charge >= 0.3 is 0 Å². The van der Waals surface area contributed by atoms with Crippen LogP contribution >= 0.6 is 0 Å². The molecule has 0 spiro atoms. The van der Waals surface area contributed by atoms with Gasteiger partial charge in [-0.05, 0) is 78.6 Å². The number of ketones is 1. The van der Waals surface area contributed by atoms with Crippen molar-refractivity contribution >= 4 is 5.78 Å². The second kappa shape index (κ2) is 11.7. The third kappa shape index (κ3) is 5.80. The van der Waals surface area contributed by atoms with E-state index in [9.17, 15) is 23.1 Å². The highest BCUT2D eigenvalue weighted by Gasteiger charge is 2.42. The number of nitrogens with two attached hydrogens (primary N) is 1. The van der Waals surface area contributed by atoms with E-state index in [0.717, 1.165) is 23.8 Å². The Labute approximate surface area is 221 Å². The second-order valence-corrected chi connectivity index (χ2v) is 9.97. The van der Waals surface area contributed by atoms with Gasteiger partial charge in [-0.25, -0.2) is 18.2 Å². The highest BCUT2D eigenvalue weighted by Crippen LogP contribution is 2.42. The molecular weight excluding hydrogens is 495 g/mol. The number of aliphatic hydroxyl groups is 1. The maximum atomic E-state index is 14.7. The van der Waals surface area contributed by atoms with Gasteiger partial charge in [-0.2, -0.15) is 0 Å². The molecule has 0 bridgehead atoms. The number of benzene rings is 1. The molecule has 4 atom stereocenters. The van der Waals surface area contributed by atoms with E-state index in [2.05, 4.69) is 9.97 Å². The number of hydrogen-bond acceptors (Lipinski definition) is 6. The molecule has 1 saturated carbocycles. The van der Waals surface area contributed by atoms with Crippen molar-refractivity contribution in [1.82, 2.24) is 9.97 Å². The van der Waals surface area contributed by atoms with E-state index in [1.54, 1.807) is 19.3 Å². The van der Waals surface area contributed by atoms with Crippen molar-refractivity contribution in [1.29, 1.82) is 0 Å². The Bertz CT molecular complexity index is 1280. The number of carbonyl (C=O) groups is 1. The minimum Gasteiger partial charge on any atom is -0.388 e. The normalized spacial score (nSPS) is 23.1. The maximum Gasteiger partial charge on any atom is 0.185 e. The van der Waals surface area contributed by atoms with Crippen LogP contribution in [0, 0.1) is 23.4 Å². The summed E-state index contributed by atoms with van der Waals surface area (Å²) in [6.45, 7) is 3.67. The zero-order chi connectivity index (χ0) is 26.9. The van der Waals surface area contributed by atoms with Crippen molar-refractivity contribution in [3.8, 4) is 11.3 Å². The van der Waals surface area contributed by atoms with Gasteiger partial charge in [0.15, 0.2) is 5.78 Å². The Morgan fingerprint density at radius 2 is 1.84 bits per heavy atom. The average Bonchev–Trinajstić information content (AvgIpc) is 2.84. The van der Waals surface area contributed by atoms with Crippen LogP contribution in [-0.4, -0.2) is 39.6 Å². The number of halogens is 3. The lowest BCUT2D eigenvalue weighted by Gasteiger charge is -2.44. The minimum atomic E-state index is -1.00. The Morgan fingerprint density at radius 1 is 1.16 bits per heavy atom. The van der Waals surface area contributed by atoms with Gasteiger partial charge < -0.3 is 15.6 Å². The van der Waals surface area contributed by atoms with Crippen molar-refractivity contribution in [2.45, 2.75) is 64.7 Å². The number of ether oxygens (including phenoxy) is 1. The number of hydrogen-bond donors (Lipinski definition) is 2. The maximum absolute atomic E-state index is 14.7. The smallest absolute Gasteiger partial charge is 0.185 e. The van der Waals surface area contributed by atoms with E-state index in [0.29, 0.717) is 18.4 Å². The topological polar surface area (TPSA) is 98.3 Å². The van der Waals surface area contributed by atoms with Crippen LogP contribution in [0.5, 0.6) is 0 Å². The number of carbonyl (C=O) groups excluding carboxylic acids is 1. The lowest BCUT2D eigenvalue weighted by Crippen LogP contribution is -2.54. The van der Waals surface area contributed by atoms with E-state index in [1.807, 2.05) is 13.0 Å². The lowest BCUT2D eigenvalue weighted by atomic mass is 9.67. The third-order valence-electron chi connectivity index (χ3n) is 7.44. The first-order chi connectivity index (χ1) is 17.5. The van der Waals surface area contributed by atoms with Crippen molar-refractivity contribution < 1.29 is 27.8 Å². The number of methoxy groups -OCH3 is 1. The lowest BCUT2D eigenvalue weighted by molar-refractivity contribution is -0.0464. The molecule has 3 N–H and O–H groups in total. The van der Waals surface area contributed by atoms with E-state index in [4.69, 9.17) is 10.5 Å². The van der Waals surface area contributed by atoms with Crippen LogP contribution in [0.3, 0.4) is 0 Å². The van der Waals surface area contributed by atoms with Gasteiger partial charge in [0.25, 0.3) is 0 Å². The summed E-state index contributed by atoms with van der Waals surface area (Å²) in [7, 11) is 1.39. The van der Waals surface area contributed by atoms with Crippen LogP contribution in [-0.2, 0) is 17.8 Å². The first-order valence-corrected chi connectivity index (χ1v) is 12.1. The third-order valence-corrected chi connectivity index (χ3v) is 7.44. The molecule has 6 nitrogen and oxygen atoms in total. The van der Waals surface area contributed by atoms with Crippen LogP contribution in [0.15, 0.2) is 42.7 Å². The molecule has 0 saturated heterocycles. The first kappa shape index (κ1) is 29.4. The summed E-state index contributed by atoms with van der Waals surface area (Å²) < 4.78 is 49.0. The summed E-state index contributed by atoms with van der Waals surface area (Å²) in [5.41, 5.74) is 5.73. The molecule has 0 amide bonds. The Hall–Kier alpha value is -3.14. The number of pyridine rings is 2. The molecule has 38 heavy (non-hydrogen) atoms. The molecule has 204 valence electrons. The molecule has 9 heteroatoms. The Balaban J connectivity index is 0.00000400. The average molecular weight is 530 g/mol. The molecule has 0 unspecified atom stereocenters. The zero-order valence-corrected chi connectivity index (χ0v) is 21.0. The Morgan fingerprint density at radius 3 is 2.47 bits per heavy atom. The summed E-state index contributed by atoms with van der Waals surface area (Å²) in [5, 5.41) is 10.7. The molecule has 1 aromatic carbocycles. The van der Waals surface area contributed by atoms with Crippen LogP contribution in [0.2, 0.25) is 0 Å². The Kier molecular flexibility index (Phi) is 9.07. The predicted octanol–water partition coefficient (Wildman–Crippen LogP) is 5.36. The van der Waals surface area contributed by atoms with Crippen molar-refractivity contribution in [2.75, 3.05) is 7.11 Å². The quantitative estimate of drug-likeness (QED) is 0.400. The van der Waals surface area contributed by atoms with Crippen LogP contribution in [0.25, 0.3) is 11.3 Å². The standard InChI is InChI=1S/C28H30F3N3O3.CH4/c1-15-8-17(12-25(32)28(15,2)36)19-6-7-33-13-18(19)11-24(35)23-5-4-20(29)27(34-23)26-21(30)9-16(14-37-3)10-22(26)31;/h4-7,9-10,13,15,17,25,36H,8,11-12,14,32H2,1-3H3;1H4/t15-,17+,25+,28+;/m0./s1. The number of aromatic nitrogens is 2. The molecule has 0 radical (unpaired) electrons. The van der Waals surface area contributed by atoms with Crippen LogP contribution < -0.4 is 5.73 Å². The molecule has 1 fully saturated rings. The van der Waals surface area contributed by atoms with E-state index < -0.39 is 46.1 Å². The highest BCUT2D eigenvalue weighted by molar-refractivity contribution is 5.96. The summed E-state index contributed by atoms with van der Waals surface area (Å²) in [4.78, 5) is 21.4. The largest absolute Gasteiger partial charge is 0.388 e. The molecule has 2 heterocycles. The first-order valence-electron chi connectivity index (χ1n) is 12.1. The molecule has 2 aromatic heterocycles. The fraction of sp³-hybridized carbons (Fsp3) is 0.414. The molecule has 1 aliphatic carbocycles. The van der Waals surface area contributed by atoms with Gasteiger partial charge in [0.05, 0.1) is 17.8 Å². The SMILES string of the molecule is C.COCc1cc(F)c(-c2nc(C(=O)Cc3cnccc3[C@H]3C[C@@H](N)[C@](C)(O)[C@@H](C)C3)ccc2F)c(F)c1. The second-order valence-electron chi connectivity index (χ2n) is 9.97. The molecule has 1 aliphatic rings.